The Morgan fingerprint density at radius 3 is 2.88 bits per heavy atom. The molecule has 0 bridgehead atoms. The quantitative estimate of drug-likeness (QED) is 0.259. The predicted molar refractivity (Wildman–Crippen MR) is 63.5 cm³/mol. The van der Waals surface area contributed by atoms with Crippen LogP contribution in [0, 0.1) is 10.1 Å². The number of hydrogen-bond acceptors (Lipinski definition) is 6. The van der Waals surface area contributed by atoms with Gasteiger partial charge in [-0.15, -0.1) is 11.8 Å². The lowest BCUT2D eigenvalue weighted by Gasteiger charge is -2.04. The molecule has 0 aromatic heterocycles. The maximum Gasteiger partial charge on any atom is 0.272 e. The lowest BCUT2D eigenvalue weighted by molar-refractivity contribution is -0.385. The van der Waals surface area contributed by atoms with Crippen LogP contribution in [0.1, 0.15) is 0 Å². The fourth-order valence-corrected chi connectivity index (χ4v) is 2.00. The van der Waals surface area contributed by atoms with Crippen molar-refractivity contribution in [3.05, 3.63) is 28.3 Å². The molecule has 0 aliphatic heterocycles. The molecule has 0 aliphatic rings. The summed E-state index contributed by atoms with van der Waals surface area (Å²) in [5.41, 5.74) is 2.95. The van der Waals surface area contributed by atoms with Gasteiger partial charge in [0.15, 0.2) is 0 Å². The highest BCUT2D eigenvalue weighted by Gasteiger charge is 2.09. The van der Waals surface area contributed by atoms with Gasteiger partial charge in [0, 0.05) is 29.9 Å². The van der Waals surface area contributed by atoms with E-state index in [9.17, 15) is 10.1 Å². The van der Waals surface area contributed by atoms with E-state index in [4.69, 9.17) is 10.6 Å². The normalized spacial score (nSPS) is 10.1. The third-order valence-electron chi connectivity index (χ3n) is 1.82. The number of methoxy groups -OCH3 is 1. The number of benzene rings is 1. The predicted octanol–water partition coefficient (Wildman–Crippen LogP) is 1.62. The Balaban J connectivity index is 2.82. The van der Waals surface area contributed by atoms with Gasteiger partial charge < -0.3 is 10.2 Å². The molecule has 0 heterocycles. The van der Waals surface area contributed by atoms with Crippen molar-refractivity contribution in [1.82, 2.24) is 0 Å². The fraction of sp³-hybridized carbons (Fsp3) is 0.333. The summed E-state index contributed by atoms with van der Waals surface area (Å²) in [5.74, 6) is 5.97. The second-order valence-corrected chi connectivity index (χ2v) is 4.13. The average molecular weight is 243 g/mol. The summed E-state index contributed by atoms with van der Waals surface area (Å²) in [6.45, 7) is 0.596. The van der Waals surface area contributed by atoms with E-state index >= 15 is 0 Å². The smallest absolute Gasteiger partial charge is 0.272 e. The molecule has 7 heteroatoms. The molecule has 6 nitrogen and oxygen atoms in total. The van der Waals surface area contributed by atoms with Crippen LogP contribution in [0.2, 0.25) is 0 Å². The highest BCUT2D eigenvalue weighted by atomic mass is 32.2. The molecular formula is C9H13N3O3S. The zero-order chi connectivity index (χ0) is 12.0. The van der Waals surface area contributed by atoms with Crippen molar-refractivity contribution in [3.8, 4) is 0 Å². The molecular weight excluding hydrogens is 230 g/mol. The minimum atomic E-state index is -0.443. The summed E-state index contributed by atoms with van der Waals surface area (Å²) in [7, 11) is 1.61. The van der Waals surface area contributed by atoms with Crippen LogP contribution in [0.5, 0.6) is 0 Å². The molecule has 0 radical (unpaired) electrons. The van der Waals surface area contributed by atoms with Gasteiger partial charge in [0.05, 0.1) is 17.2 Å². The first kappa shape index (κ1) is 12.8. The minimum Gasteiger partial charge on any atom is -0.384 e. The first-order chi connectivity index (χ1) is 7.67. The summed E-state index contributed by atoms with van der Waals surface area (Å²) in [6, 6.07) is 4.66. The van der Waals surface area contributed by atoms with Gasteiger partial charge in [0.25, 0.3) is 5.69 Å². The summed E-state index contributed by atoms with van der Waals surface area (Å²) in [5, 5.41) is 10.7. The first-order valence-corrected chi connectivity index (χ1v) is 5.53. The fourth-order valence-electron chi connectivity index (χ4n) is 1.10. The second kappa shape index (κ2) is 6.31. The maximum absolute atomic E-state index is 10.7. The molecule has 3 N–H and O–H groups in total. The van der Waals surface area contributed by atoms with E-state index in [0.29, 0.717) is 12.3 Å². The third-order valence-corrected chi connectivity index (χ3v) is 2.76. The van der Waals surface area contributed by atoms with E-state index in [1.54, 1.807) is 13.2 Å². The van der Waals surface area contributed by atoms with Crippen LogP contribution in [0.25, 0.3) is 0 Å². The van der Waals surface area contributed by atoms with E-state index in [2.05, 4.69) is 5.43 Å². The molecule has 1 rings (SSSR count). The summed E-state index contributed by atoms with van der Waals surface area (Å²) in [6.07, 6.45) is 0. The number of hydrogen-bond donors (Lipinski definition) is 2. The van der Waals surface area contributed by atoms with Gasteiger partial charge >= 0.3 is 0 Å². The van der Waals surface area contributed by atoms with E-state index in [1.807, 2.05) is 0 Å². The number of ether oxygens (including phenoxy) is 1. The van der Waals surface area contributed by atoms with Gasteiger partial charge in [-0.1, -0.05) is 0 Å². The Morgan fingerprint density at radius 2 is 2.31 bits per heavy atom. The van der Waals surface area contributed by atoms with Crippen molar-refractivity contribution in [2.24, 2.45) is 5.84 Å². The van der Waals surface area contributed by atoms with Crippen molar-refractivity contribution in [2.75, 3.05) is 24.9 Å². The first-order valence-electron chi connectivity index (χ1n) is 4.55. The Kier molecular flexibility index (Phi) is 5.03. The minimum absolute atomic E-state index is 0.0235. The van der Waals surface area contributed by atoms with Crippen LogP contribution < -0.4 is 11.3 Å². The summed E-state index contributed by atoms with van der Waals surface area (Å²) >= 11 is 1.48. The number of anilines is 1. The second-order valence-electron chi connectivity index (χ2n) is 2.96. The molecule has 0 fully saturated rings. The maximum atomic E-state index is 10.7. The number of nitrogens with one attached hydrogen (secondary N) is 1. The lowest BCUT2D eigenvalue weighted by atomic mass is 10.3. The van der Waals surface area contributed by atoms with Crippen molar-refractivity contribution in [1.29, 1.82) is 0 Å². The van der Waals surface area contributed by atoms with Crippen LogP contribution in [0.4, 0.5) is 11.4 Å². The summed E-state index contributed by atoms with van der Waals surface area (Å²) < 4.78 is 4.90. The molecule has 0 spiro atoms. The molecule has 1 aromatic rings. The number of thioether (sulfide) groups is 1. The van der Waals surface area contributed by atoms with Crippen LogP contribution in [0.15, 0.2) is 23.1 Å². The van der Waals surface area contributed by atoms with Crippen LogP contribution in [-0.4, -0.2) is 24.4 Å². The number of nitrogens with zero attached hydrogens (tertiary/aromatic N) is 1. The summed E-state index contributed by atoms with van der Waals surface area (Å²) in [4.78, 5) is 11.0. The number of rotatable bonds is 6. The average Bonchev–Trinajstić information content (AvgIpc) is 2.29. The van der Waals surface area contributed by atoms with Crippen molar-refractivity contribution in [2.45, 2.75) is 4.90 Å². The van der Waals surface area contributed by atoms with Gasteiger partial charge in [-0.05, 0) is 6.07 Å². The molecule has 0 saturated heterocycles. The lowest BCUT2D eigenvalue weighted by Crippen LogP contribution is -2.07. The SMILES string of the molecule is COCCSc1cc(NN)cc([N+](=O)[O-])c1. The highest BCUT2D eigenvalue weighted by Crippen LogP contribution is 2.27. The Morgan fingerprint density at radius 1 is 1.56 bits per heavy atom. The van der Waals surface area contributed by atoms with Crippen molar-refractivity contribution in [3.63, 3.8) is 0 Å². The molecule has 1 aromatic carbocycles. The van der Waals surface area contributed by atoms with Gasteiger partial charge in [-0.25, -0.2) is 0 Å². The zero-order valence-corrected chi connectivity index (χ0v) is 9.62. The Bertz CT molecular complexity index is 373. The zero-order valence-electron chi connectivity index (χ0n) is 8.80. The van der Waals surface area contributed by atoms with E-state index < -0.39 is 4.92 Å². The van der Waals surface area contributed by atoms with Gasteiger partial charge in [-0.2, -0.15) is 0 Å². The van der Waals surface area contributed by atoms with E-state index in [-0.39, 0.29) is 5.69 Å². The molecule has 16 heavy (non-hydrogen) atoms. The largest absolute Gasteiger partial charge is 0.384 e. The van der Waals surface area contributed by atoms with Crippen molar-refractivity contribution < 1.29 is 9.66 Å². The number of nitro groups is 1. The van der Waals surface area contributed by atoms with E-state index in [0.717, 1.165) is 10.6 Å². The highest BCUT2D eigenvalue weighted by molar-refractivity contribution is 7.99. The number of non-ortho nitro benzene ring substituents is 1. The third kappa shape index (κ3) is 3.69. The number of nitrogens with two attached hydrogens (primary N) is 1. The number of nitrogen functional groups attached to an aromatic ring is 1. The van der Waals surface area contributed by atoms with E-state index in [1.165, 1.54) is 23.9 Å². The number of hydrazine groups is 1. The van der Waals surface area contributed by atoms with Crippen molar-refractivity contribution >= 4 is 23.1 Å². The molecule has 0 atom stereocenters. The van der Waals surface area contributed by atoms with Crippen LogP contribution in [0.3, 0.4) is 0 Å². The molecule has 0 aliphatic carbocycles. The molecule has 88 valence electrons. The molecule has 0 saturated carbocycles. The monoisotopic (exact) mass is 243 g/mol. The Labute approximate surface area is 97.3 Å². The van der Waals surface area contributed by atoms with Gasteiger partial charge in [0.2, 0.25) is 0 Å². The van der Waals surface area contributed by atoms with Crippen LogP contribution in [-0.2, 0) is 4.74 Å². The number of nitro benzene ring substituents is 1. The van der Waals surface area contributed by atoms with Crippen LogP contribution >= 0.6 is 11.8 Å². The molecule has 0 amide bonds. The standard InChI is InChI=1S/C9H13N3O3S/c1-15-2-3-16-9-5-7(11-10)4-8(6-9)12(13)14/h4-6,11H,2-3,10H2,1H3. The Hall–Kier alpha value is -1.31. The van der Waals surface area contributed by atoms with Gasteiger partial charge in [0.1, 0.15) is 0 Å². The molecule has 0 unspecified atom stereocenters. The van der Waals surface area contributed by atoms with Gasteiger partial charge in [-0.3, -0.25) is 16.0 Å². The topological polar surface area (TPSA) is 90.4 Å².